The number of aliphatic hydroxyl groups is 1. The molecule has 2 unspecified atom stereocenters. The summed E-state index contributed by atoms with van der Waals surface area (Å²) in [6.45, 7) is 0. The van der Waals surface area contributed by atoms with Gasteiger partial charge in [0.25, 0.3) is 5.91 Å². The molecule has 0 bridgehead atoms. The summed E-state index contributed by atoms with van der Waals surface area (Å²) in [6.07, 6.45) is 4.73. The molecule has 1 aliphatic carbocycles. The minimum Gasteiger partial charge on any atom is -0.459 e. The van der Waals surface area contributed by atoms with Crippen LogP contribution in [0.4, 0.5) is 0 Å². The zero-order valence-electron chi connectivity index (χ0n) is 12.9. The van der Waals surface area contributed by atoms with Gasteiger partial charge in [0, 0.05) is 16.2 Å². The van der Waals surface area contributed by atoms with Crippen molar-refractivity contribution in [2.24, 2.45) is 0 Å². The molecule has 3 rings (SSSR count). The lowest BCUT2D eigenvalue weighted by Crippen LogP contribution is -2.45. The van der Waals surface area contributed by atoms with Crippen molar-refractivity contribution in [2.75, 3.05) is 0 Å². The minimum absolute atomic E-state index is 0.170. The normalized spacial score (nSPS) is 21.1. The molecular weight excluding hydrogens is 310 g/mol. The maximum atomic E-state index is 12.4. The molecule has 2 aromatic rings. The number of hydrogen-bond acceptors (Lipinski definition) is 4. The lowest BCUT2D eigenvalue weighted by Gasteiger charge is -2.28. The third-order valence-electron chi connectivity index (χ3n) is 4.14. The Hall–Kier alpha value is -1.72. The molecule has 0 saturated heterocycles. The zero-order chi connectivity index (χ0) is 16.1. The van der Waals surface area contributed by atoms with E-state index in [1.54, 1.807) is 18.0 Å². The number of carbonyl (C=O) groups excluding carboxylic acids is 1. The van der Waals surface area contributed by atoms with E-state index in [-0.39, 0.29) is 11.9 Å². The van der Waals surface area contributed by atoms with Crippen LogP contribution in [0.5, 0.6) is 0 Å². The summed E-state index contributed by atoms with van der Waals surface area (Å²) in [6, 6.07) is 11.7. The second-order valence-electron chi connectivity index (χ2n) is 5.81. The van der Waals surface area contributed by atoms with Crippen LogP contribution >= 0.6 is 11.8 Å². The number of benzene rings is 1. The van der Waals surface area contributed by atoms with Crippen molar-refractivity contribution in [3.05, 3.63) is 54.0 Å². The van der Waals surface area contributed by atoms with Gasteiger partial charge in [-0.2, -0.15) is 0 Å². The fourth-order valence-corrected chi connectivity index (χ4v) is 3.74. The number of furan rings is 1. The van der Waals surface area contributed by atoms with Gasteiger partial charge in [0.2, 0.25) is 0 Å². The van der Waals surface area contributed by atoms with E-state index in [0.717, 1.165) is 36.1 Å². The van der Waals surface area contributed by atoms with E-state index in [4.69, 9.17) is 4.42 Å². The van der Waals surface area contributed by atoms with Crippen LogP contribution in [0.2, 0.25) is 0 Å². The second kappa shape index (κ2) is 7.70. The van der Waals surface area contributed by atoms with Gasteiger partial charge in [0.05, 0.1) is 18.4 Å². The highest BCUT2D eigenvalue weighted by molar-refractivity contribution is 7.98. The molecule has 1 aromatic carbocycles. The van der Waals surface area contributed by atoms with Gasteiger partial charge >= 0.3 is 0 Å². The molecule has 5 heteroatoms. The number of carbonyl (C=O) groups is 1. The van der Waals surface area contributed by atoms with Crippen molar-refractivity contribution in [3.8, 4) is 0 Å². The third-order valence-corrected chi connectivity index (χ3v) is 5.20. The first-order valence-corrected chi connectivity index (χ1v) is 8.96. The molecule has 1 fully saturated rings. The molecular formula is C18H21NO3S. The van der Waals surface area contributed by atoms with Gasteiger partial charge in [0.15, 0.2) is 5.76 Å². The molecule has 0 aliphatic heterocycles. The maximum Gasteiger partial charge on any atom is 0.287 e. The second-order valence-corrected chi connectivity index (χ2v) is 6.86. The predicted molar refractivity (Wildman–Crippen MR) is 90.4 cm³/mol. The Morgan fingerprint density at radius 1 is 1.22 bits per heavy atom. The predicted octanol–water partition coefficient (Wildman–Crippen LogP) is 3.61. The van der Waals surface area contributed by atoms with Crippen LogP contribution in [-0.4, -0.2) is 23.2 Å². The zero-order valence-corrected chi connectivity index (χ0v) is 13.7. The monoisotopic (exact) mass is 331 g/mol. The standard InChI is InChI=1S/C18H21NO3S/c20-16-9-5-4-8-15(16)19-18(21)17-13(10-11-22-17)12-23-14-6-2-1-3-7-14/h1-3,6-7,10-11,15-16,20H,4-5,8-9,12H2,(H,19,21). The smallest absolute Gasteiger partial charge is 0.287 e. The molecule has 1 aromatic heterocycles. The fourth-order valence-electron chi connectivity index (χ4n) is 2.84. The van der Waals surface area contributed by atoms with E-state index in [2.05, 4.69) is 5.32 Å². The quantitative estimate of drug-likeness (QED) is 0.822. The Balaban J connectivity index is 1.62. The fraction of sp³-hybridized carbons (Fsp3) is 0.389. The van der Waals surface area contributed by atoms with Crippen molar-refractivity contribution in [3.63, 3.8) is 0 Å². The number of nitrogens with one attached hydrogen (secondary N) is 1. The Bertz CT molecular complexity index is 641. The number of hydrogen-bond donors (Lipinski definition) is 2. The van der Waals surface area contributed by atoms with Crippen LogP contribution in [0.3, 0.4) is 0 Å². The van der Waals surface area contributed by atoms with Crippen molar-refractivity contribution < 1.29 is 14.3 Å². The number of aliphatic hydroxyl groups excluding tert-OH is 1. The van der Waals surface area contributed by atoms with Crippen LogP contribution in [0.15, 0.2) is 52.0 Å². The van der Waals surface area contributed by atoms with E-state index in [9.17, 15) is 9.90 Å². The molecule has 2 N–H and O–H groups in total. The molecule has 23 heavy (non-hydrogen) atoms. The number of amides is 1. The summed E-state index contributed by atoms with van der Waals surface area (Å²) < 4.78 is 5.38. The number of thioether (sulfide) groups is 1. The first-order chi connectivity index (χ1) is 11.2. The van der Waals surface area contributed by atoms with E-state index in [1.165, 1.54) is 0 Å². The highest BCUT2D eigenvalue weighted by Gasteiger charge is 2.26. The van der Waals surface area contributed by atoms with Gasteiger partial charge in [-0.25, -0.2) is 0 Å². The Kier molecular flexibility index (Phi) is 5.41. The van der Waals surface area contributed by atoms with Gasteiger partial charge in [-0.3, -0.25) is 4.79 Å². The Labute approximate surface area is 140 Å². The van der Waals surface area contributed by atoms with E-state index < -0.39 is 6.10 Å². The Morgan fingerprint density at radius 2 is 2.00 bits per heavy atom. The average Bonchev–Trinajstić information content (AvgIpc) is 3.05. The summed E-state index contributed by atoms with van der Waals surface area (Å²) in [5.41, 5.74) is 0.877. The van der Waals surface area contributed by atoms with Crippen LogP contribution in [0, 0.1) is 0 Å². The minimum atomic E-state index is -0.454. The lowest BCUT2D eigenvalue weighted by atomic mass is 9.92. The van der Waals surface area contributed by atoms with Crippen molar-refractivity contribution >= 4 is 17.7 Å². The molecule has 2 atom stereocenters. The summed E-state index contributed by atoms with van der Waals surface area (Å²) >= 11 is 1.67. The van der Waals surface area contributed by atoms with Crippen LogP contribution < -0.4 is 5.32 Å². The van der Waals surface area contributed by atoms with Gasteiger partial charge in [-0.1, -0.05) is 31.0 Å². The molecule has 1 heterocycles. The Morgan fingerprint density at radius 3 is 2.78 bits per heavy atom. The van der Waals surface area contributed by atoms with Crippen LogP contribution in [-0.2, 0) is 5.75 Å². The third kappa shape index (κ3) is 4.18. The maximum absolute atomic E-state index is 12.4. The highest BCUT2D eigenvalue weighted by atomic mass is 32.2. The van der Waals surface area contributed by atoms with Crippen molar-refractivity contribution in [2.45, 2.75) is 48.5 Å². The first-order valence-electron chi connectivity index (χ1n) is 7.97. The summed E-state index contributed by atoms with van der Waals surface area (Å²) in [5, 5.41) is 12.9. The first kappa shape index (κ1) is 16.1. The van der Waals surface area contributed by atoms with Crippen molar-refractivity contribution in [1.82, 2.24) is 5.32 Å². The molecule has 1 saturated carbocycles. The van der Waals surface area contributed by atoms with Gasteiger partial charge in [-0.05, 0) is 31.0 Å². The molecule has 1 aliphatic rings. The van der Waals surface area contributed by atoms with Crippen LogP contribution in [0.25, 0.3) is 0 Å². The van der Waals surface area contributed by atoms with Gasteiger partial charge < -0.3 is 14.8 Å². The van der Waals surface area contributed by atoms with E-state index >= 15 is 0 Å². The van der Waals surface area contributed by atoms with E-state index in [1.807, 2.05) is 36.4 Å². The van der Waals surface area contributed by atoms with Crippen LogP contribution in [0.1, 0.15) is 41.8 Å². The molecule has 122 valence electrons. The van der Waals surface area contributed by atoms with Crippen molar-refractivity contribution in [1.29, 1.82) is 0 Å². The molecule has 4 nitrogen and oxygen atoms in total. The summed E-state index contributed by atoms with van der Waals surface area (Å²) in [5.74, 6) is 0.798. The SMILES string of the molecule is O=C(NC1CCCCC1O)c1occc1CSc1ccccc1. The average molecular weight is 331 g/mol. The summed E-state index contributed by atoms with van der Waals surface area (Å²) in [7, 11) is 0. The molecule has 1 amide bonds. The molecule has 0 radical (unpaired) electrons. The summed E-state index contributed by atoms with van der Waals surface area (Å²) in [4.78, 5) is 13.6. The topological polar surface area (TPSA) is 62.5 Å². The highest BCUT2D eigenvalue weighted by Crippen LogP contribution is 2.25. The number of rotatable bonds is 5. The largest absolute Gasteiger partial charge is 0.459 e. The van der Waals surface area contributed by atoms with Gasteiger partial charge in [0.1, 0.15) is 0 Å². The van der Waals surface area contributed by atoms with Gasteiger partial charge in [-0.15, -0.1) is 11.8 Å². The molecule has 0 spiro atoms. The lowest BCUT2D eigenvalue weighted by molar-refractivity contribution is 0.0697. The van der Waals surface area contributed by atoms with E-state index in [0.29, 0.717) is 11.5 Å².